The molecule has 29 heavy (non-hydrogen) atoms. The van der Waals surface area contributed by atoms with Crippen LogP contribution in [0.5, 0.6) is 0 Å². The van der Waals surface area contributed by atoms with Crippen LogP contribution in [0.2, 0.25) is 0 Å². The lowest BCUT2D eigenvalue weighted by Crippen LogP contribution is -2.37. The second-order valence-electron chi connectivity index (χ2n) is 6.27. The van der Waals surface area contributed by atoms with Crippen LogP contribution >= 0.6 is 35.7 Å². The number of nitrogens with zero attached hydrogens (tertiary/aromatic N) is 3. The molecule has 0 atom stereocenters. The fourth-order valence-electron chi connectivity index (χ4n) is 2.58. The molecule has 0 aliphatic heterocycles. The molecule has 7 nitrogen and oxygen atoms in total. The highest BCUT2D eigenvalue weighted by molar-refractivity contribution is 14.0. The average Bonchev–Trinajstić information content (AvgIpc) is 3.19. The van der Waals surface area contributed by atoms with Gasteiger partial charge in [-0.3, -0.25) is 9.48 Å². The van der Waals surface area contributed by atoms with E-state index >= 15 is 0 Å². The number of benzene rings is 1. The van der Waals surface area contributed by atoms with Crippen LogP contribution in [-0.2, 0) is 17.9 Å². The predicted molar refractivity (Wildman–Crippen MR) is 133 cm³/mol. The number of hydrogen-bond donors (Lipinski definition) is 3. The standard InChI is InChI=1S/C20H30N6OS.HI/c1-3-21-20(22-10-4-5-13-28-2)23-15-17-8-6-9-18(14-17)25-19(27)16-26-12-7-11-24-26;/h6-9,11-12,14H,3-5,10,13,15-16H2,1-2H3,(H,25,27)(H2,21,22,23);1H. The van der Waals surface area contributed by atoms with Crippen molar-refractivity contribution in [1.82, 2.24) is 20.4 Å². The molecule has 1 heterocycles. The van der Waals surface area contributed by atoms with Crippen molar-refractivity contribution in [2.75, 3.05) is 30.4 Å². The van der Waals surface area contributed by atoms with Crippen molar-refractivity contribution >= 4 is 53.3 Å². The SMILES string of the molecule is CCNC(=NCc1cccc(NC(=O)Cn2cccn2)c1)NCCCCSC.I. The quantitative estimate of drug-likeness (QED) is 0.180. The van der Waals surface area contributed by atoms with E-state index in [2.05, 4.69) is 39.2 Å². The van der Waals surface area contributed by atoms with Gasteiger partial charge >= 0.3 is 0 Å². The van der Waals surface area contributed by atoms with E-state index < -0.39 is 0 Å². The Bertz CT molecular complexity index is 738. The topological polar surface area (TPSA) is 83.3 Å². The number of aromatic nitrogens is 2. The van der Waals surface area contributed by atoms with Crippen molar-refractivity contribution in [3.8, 4) is 0 Å². The van der Waals surface area contributed by atoms with Gasteiger partial charge in [-0.25, -0.2) is 4.99 Å². The summed E-state index contributed by atoms with van der Waals surface area (Å²) in [5.41, 5.74) is 1.80. The van der Waals surface area contributed by atoms with Gasteiger partial charge in [0.05, 0.1) is 6.54 Å². The Balaban J connectivity index is 0.00000420. The fraction of sp³-hybridized carbons (Fsp3) is 0.450. The number of guanidine groups is 1. The van der Waals surface area contributed by atoms with Crippen molar-refractivity contribution in [1.29, 1.82) is 0 Å². The van der Waals surface area contributed by atoms with Gasteiger partial charge in [-0.1, -0.05) is 12.1 Å². The third kappa shape index (κ3) is 10.6. The van der Waals surface area contributed by atoms with E-state index in [1.165, 1.54) is 12.2 Å². The molecule has 0 aliphatic carbocycles. The molecule has 0 radical (unpaired) electrons. The smallest absolute Gasteiger partial charge is 0.246 e. The molecule has 2 rings (SSSR count). The van der Waals surface area contributed by atoms with E-state index in [9.17, 15) is 4.79 Å². The summed E-state index contributed by atoms with van der Waals surface area (Å²) in [4.78, 5) is 16.8. The number of anilines is 1. The van der Waals surface area contributed by atoms with Gasteiger partial charge in [-0.15, -0.1) is 24.0 Å². The van der Waals surface area contributed by atoms with Crippen molar-refractivity contribution in [3.05, 3.63) is 48.3 Å². The van der Waals surface area contributed by atoms with Gasteiger partial charge in [-0.05, 0) is 55.5 Å². The maximum absolute atomic E-state index is 12.1. The molecule has 1 aromatic heterocycles. The molecule has 0 saturated heterocycles. The first-order valence-electron chi connectivity index (χ1n) is 9.58. The lowest BCUT2D eigenvalue weighted by Gasteiger charge is -2.11. The summed E-state index contributed by atoms with van der Waals surface area (Å²) < 4.78 is 1.59. The minimum atomic E-state index is -0.107. The summed E-state index contributed by atoms with van der Waals surface area (Å²) in [5.74, 6) is 1.90. The number of aliphatic imine (C=N–C) groups is 1. The summed E-state index contributed by atoms with van der Waals surface area (Å²) >= 11 is 1.88. The van der Waals surface area contributed by atoms with Crippen LogP contribution in [0, 0.1) is 0 Å². The Morgan fingerprint density at radius 3 is 2.83 bits per heavy atom. The zero-order chi connectivity index (χ0) is 20.0. The van der Waals surface area contributed by atoms with Crippen molar-refractivity contribution in [2.45, 2.75) is 32.9 Å². The Hall–Kier alpha value is -1.75. The first-order valence-corrected chi connectivity index (χ1v) is 11.0. The van der Waals surface area contributed by atoms with Crippen molar-refractivity contribution in [2.24, 2.45) is 4.99 Å². The number of nitrogens with one attached hydrogen (secondary N) is 3. The van der Waals surface area contributed by atoms with Crippen molar-refractivity contribution in [3.63, 3.8) is 0 Å². The largest absolute Gasteiger partial charge is 0.357 e. The summed E-state index contributed by atoms with van der Waals surface area (Å²) in [7, 11) is 0. The number of halogens is 1. The van der Waals surface area contributed by atoms with Crippen LogP contribution in [0.1, 0.15) is 25.3 Å². The molecule has 3 N–H and O–H groups in total. The van der Waals surface area contributed by atoms with Gasteiger partial charge in [0.1, 0.15) is 6.54 Å². The van der Waals surface area contributed by atoms with Crippen LogP contribution in [0.4, 0.5) is 5.69 Å². The molecule has 0 saturated carbocycles. The third-order valence-corrected chi connectivity index (χ3v) is 4.60. The molecule has 0 fully saturated rings. The molecule has 0 aliphatic rings. The molecule has 9 heteroatoms. The molecule has 0 unspecified atom stereocenters. The maximum atomic E-state index is 12.1. The molecule has 1 amide bonds. The number of amides is 1. The van der Waals surface area contributed by atoms with Gasteiger partial charge in [0.15, 0.2) is 5.96 Å². The number of carbonyl (C=O) groups excluding carboxylic acids is 1. The fourth-order valence-corrected chi connectivity index (χ4v) is 3.07. The van der Waals surface area contributed by atoms with Gasteiger partial charge in [0.2, 0.25) is 5.91 Å². The van der Waals surface area contributed by atoms with E-state index in [0.717, 1.165) is 36.7 Å². The van der Waals surface area contributed by atoms with Gasteiger partial charge in [-0.2, -0.15) is 16.9 Å². The molecular formula is C20H31IN6OS. The molecule has 2 aromatic rings. The average molecular weight is 530 g/mol. The summed E-state index contributed by atoms with van der Waals surface area (Å²) in [6.07, 6.45) is 7.88. The number of carbonyl (C=O) groups is 1. The molecule has 0 bridgehead atoms. The van der Waals surface area contributed by atoms with Gasteiger partial charge in [0.25, 0.3) is 0 Å². The summed E-state index contributed by atoms with van der Waals surface area (Å²) in [6.45, 7) is 4.53. The monoisotopic (exact) mass is 530 g/mol. The van der Waals surface area contributed by atoms with E-state index in [4.69, 9.17) is 0 Å². The van der Waals surface area contributed by atoms with Crippen LogP contribution in [0.15, 0.2) is 47.7 Å². The number of unbranched alkanes of at least 4 members (excludes halogenated alkanes) is 1. The maximum Gasteiger partial charge on any atom is 0.246 e. The van der Waals surface area contributed by atoms with E-state index in [0.29, 0.717) is 6.54 Å². The highest BCUT2D eigenvalue weighted by Gasteiger charge is 2.04. The minimum Gasteiger partial charge on any atom is -0.357 e. The molecular weight excluding hydrogens is 499 g/mol. The second-order valence-corrected chi connectivity index (χ2v) is 7.26. The van der Waals surface area contributed by atoms with E-state index in [-0.39, 0.29) is 36.4 Å². The van der Waals surface area contributed by atoms with E-state index in [1.807, 2.05) is 36.0 Å². The van der Waals surface area contributed by atoms with Gasteiger partial charge < -0.3 is 16.0 Å². The Morgan fingerprint density at radius 1 is 1.24 bits per heavy atom. The van der Waals surface area contributed by atoms with Crippen LogP contribution in [0.25, 0.3) is 0 Å². The highest BCUT2D eigenvalue weighted by atomic mass is 127. The first kappa shape index (κ1) is 25.3. The van der Waals surface area contributed by atoms with Crippen molar-refractivity contribution < 1.29 is 4.79 Å². The lowest BCUT2D eigenvalue weighted by atomic mass is 10.2. The summed E-state index contributed by atoms with van der Waals surface area (Å²) in [6, 6.07) is 9.56. The second kappa shape index (κ2) is 15.1. The number of hydrogen-bond acceptors (Lipinski definition) is 4. The Kier molecular flexibility index (Phi) is 13.2. The van der Waals surface area contributed by atoms with Crippen LogP contribution in [-0.4, -0.2) is 46.7 Å². The van der Waals surface area contributed by atoms with Crippen LogP contribution < -0.4 is 16.0 Å². The normalized spacial score (nSPS) is 10.9. The number of rotatable bonds is 11. The highest BCUT2D eigenvalue weighted by Crippen LogP contribution is 2.12. The van der Waals surface area contributed by atoms with Crippen LogP contribution in [0.3, 0.4) is 0 Å². The Labute approximate surface area is 194 Å². The minimum absolute atomic E-state index is 0. The third-order valence-electron chi connectivity index (χ3n) is 3.91. The molecule has 0 spiro atoms. The predicted octanol–water partition coefficient (Wildman–Crippen LogP) is 3.34. The molecule has 1 aromatic carbocycles. The van der Waals surface area contributed by atoms with Gasteiger partial charge in [0, 0.05) is 31.2 Å². The first-order chi connectivity index (χ1) is 13.7. The molecule has 160 valence electrons. The lowest BCUT2D eigenvalue weighted by molar-refractivity contribution is -0.116. The number of thioether (sulfide) groups is 1. The Morgan fingerprint density at radius 2 is 2.10 bits per heavy atom. The zero-order valence-electron chi connectivity index (χ0n) is 17.1. The zero-order valence-corrected chi connectivity index (χ0v) is 20.2. The summed E-state index contributed by atoms with van der Waals surface area (Å²) in [5, 5.41) is 13.6. The van der Waals surface area contributed by atoms with E-state index in [1.54, 1.807) is 23.1 Å².